The molecule has 0 radical (unpaired) electrons. The lowest BCUT2D eigenvalue weighted by Gasteiger charge is -2.35. The van der Waals surface area contributed by atoms with Crippen molar-refractivity contribution in [1.82, 2.24) is 24.2 Å². The first-order chi connectivity index (χ1) is 23.5. The Kier molecular flexibility index (Phi) is 9.38. The molecule has 3 heterocycles. The molecule has 0 aliphatic carbocycles. The minimum atomic E-state index is -1.16. The van der Waals surface area contributed by atoms with E-state index in [4.69, 9.17) is 0 Å². The van der Waals surface area contributed by atoms with Crippen LogP contribution >= 0.6 is 0 Å². The van der Waals surface area contributed by atoms with Crippen molar-refractivity contribution in [1.29, 1.82) is 0 Å². The Morgan fingerprint density at radius 3 is 2.18 bits per heavy atom. The van der Waals surface area contributed by atoms with E-state index in [1.807, 2.05) is 29.2 Å². The first-order valence-corrected chi connectivity index (χ1v) is 15.1. The number of aromatic nitrogens is 4. The number of carbonyl (C=O) groups excluding carboxylic acids is 2. The van der Waals surface area contributed by atoms with E-state index in [1.165, 1.54) is 35.6 Å². The number of carbonyl (C=O) groups is 2. The predicted octanol–water partition coefficient (Wildman–Crippen LogP) is 4.44. The highest BCUT2D eigenvalue weighted by Gasteiger charge is 2.26. The molecule has 5 aromatic rings. The molecule has 0 spiro atoms. The summed E-state index contributed by atoms with van der Waals surface area (Å²) in [5, 5.41) is 15.0. The number of aliphatic hydroxyl groups is 1. The summed E-state index contributed by atoms with van der Waals surface area (Å²) in [5.74, 6) is -6.81. The Labute approximate surface area is 276 Å². The molecule has 0 saturated carbocycles. The number of nitrogens with zero attached hydrogens (tertiary/aromatic N) is 6. The topological polar surface area (TPSA) is 114 Å². The van der Waals surface area contributed by atoms with E-state index in [-0.39, 0.29) is 25.2 Å². The number of hydrogen-bond acceptors (Lipinski definition) is 7. The molecular formula is C35H28F4N6O4. The number of anilines is 1. The highest BCUT2D eigenvalue weighted by Crippen LogP contribution is 2.22. The SMILES string of the molecule is O=C(C=C(O)c1cc(Cc2c(F)cc(F)cc2F)cn(Cc2cccc(F)c2)c1=O)C(=O)N1CCN(c2ccc(-n3cncn3)cc2)CC1. The zero-order chi connectivity index (χ0) is 34.7. The molecule has 49 heavy (non-hydrogen) atoms. The van der Waals surface area contributed by atoms with Gasteiger partial charge in [0.15, 0.2) is 0 Å². The van der Waals surface area contributed by atoms with Crippen LogP contribution in [0.4, 0.5) is 23.2 Å². The van der Waals surface area contributed by atoms with Crippen molar-refractivity contribution in [3.8, 4) is 5.69 Å². The third-order valence-electron chi connectivity index (χ3n) is 8.09. The minimum Gasteiger partial charge on any atom is -0.507 e. The Bertz CT molecular complexity index is 2080. The number of halogens is 4. The van der Waals surface area contributed by atoms with E-state index >= 15 is 0 Å². The van der Waals surface area contributed by atoms with Gasteiger partial charge in [0.05, 0.1) is 17.8 Å². The largest absolute Gasteiger partial charge is 0.507 e. The fourth-order valence-corrected chi connectivity index (χ4v) is 5.62. The maximum absolute atomic E-state index is 14.5. The second-order valence-corrected chi connectivity index (χ2v) is 11.4. The van der Waals surface area contributed by atoms with E-state index in [1.54, 1.807) is 17.1 Å². The van der Waals surface area contributed by atoms with Crippen LogP contribution in [0.5, 0.6) is 0 Å². The molecule has 1 amide bonds. The summed E-state index contributed by atoms with van der Waals surface area (Å²) < 4.78 is 59.1. The first kappa shape index (κ1) is 32.9. The molecule has 1 fully saturated rings. The predicted molar refractivity (Wildman–Crippen MR) is 171 cm³/mol. The van der Waals surface area contributed by atoms with Gasteiger partial charge in [-0.3, -0.25) is 14.4 Å². The summed E-state index contributed by atoms with van der Waals surface area (Å²) >= 11 is 0. The third-order valence-corrected chi connectivity index (χ3v) is 8.09. The standard InChI is InChI=1S/C35H28F4N6O4/c36-24-3-1-2-22(12-24)18-44-19-23(13-28-30(38)15-25(37)16-31(28)39)14-29(34(44)48)32(46)17-33(47)35(49)43-10-8-42(9-11-43)26-4-6-27(7-5-26)45-21-40-20-41-45/h1-7,12,14-17,19-21,46H,8-11,13,18H2. The second-order valence-electron chi connectivity index (χ2n) is 11.4. The van der Waals surface area contributed by atoms with Crippen LogP contribution in [-0.4, -0.2) is 67.2 Å². The molecule has 1 N–H and O–H groups in total. The summed E-state index contributed by atoms with van der Waals surface area (Å²) in [6, 6.07) is 15.1. The number of aliphatic hydroxyl groups excluding tert-OH is 1. The number of amides is 1. The van der Waals surface area contributed by atoms with E-state index in [9.17, 15) is 37.1 Å². The summed E-state index contributed by atoms with van der Waals surface area (Å²) in [6.07, 6.45) is 4.45. The molecule has 0 atom stereocenters. The van der Waals surface area contributed by atoms with Crippen LogP contribution in [0.2, 0.25) is 0 Å². The minimum absolute atomic E-state index is 0.111. The van der Waals surface area contributed by atoms with Gasteiger partial charge in [-0.25, -0.2) is 27.2 Å². The van der Waals surface area contributed by atoms with Gasteiger partial charge in [0.2, 0.25) is 5.78 Å². The number of benzene rings is 3. The summed E-state index contributed by atoms with van der Waals surface area (Å²) in [4.78, 5) is 46.8. The smallest absolute Gasteiger partial charge is 0.294 e. The molecule has 2 aromatic heterocycles. The van der Waals surface area contributed by atoms with Crippen molar-refractivity contribution >= 4 is 23.1 Å². The van der Waals surface area contributed by atoms with Crippen molar-refractivity contribution in [2.24, 2.45) is 0 Å². The maximum Gasteiger partial charge on any atom is 0.294 e. The van der Waals surface area contributed by atoms with E-state index in [2.05, 4.69) is 10.1 Å². The van der Waals surface area contributed by atoms with Gasteiger partial charge in [-0.05, 0) is 53.6 Å². The maximum atomic E-state index is 14.5. The average molecular weight is 673 g/mol. The van der Waals surface area contributed by atoms with Crippen LogP contribution in [-0.2, 0) is 22.6 Å². The molecular weight excluding hydrogens is 644 g/mol. The number of pyridine rings is 1. The van der Waals surface area contributed by atoms with E-state index in [0.717, 1.165) is 22.0 Å². The van der Waals surface area contributed by atoms with Crippen molar-refractivity contribution in [3.63, 3.8) is 0 Å². The summed E-state index contributed by atoms with van der Waals surface area (Å²) in [7, 11) is 0. The zero-order valence-electron chi connectivity index (χ0n) is 25.8. The molecule has 250 valence electrons. The molecule has 0 unspecified atom stereocenters. The highest BCUT2D eigenvalue weighted by molar-refractivity contribution is 6.41. The monoisotopic (exact) mass is 672 g/mol. The summed E-state index contributed by atoms with van der Waals surface area (Å²) in [6.45, 7) is 1.10. The molecule has 1 aliphatic heterocycles. The number of hydrogen-bond donors (Lipinski definition) is 1. The van der Waals surface area contributed by atoms with Crippen molar-refractivity contribution < 1.29 is 32.3 Å². The van der Waals surface area contributed by atoms with Crippen molar-refractivity contribution in [3.05, 3.63) is 148 Å². The molecule has 1 aliphatic rings. The first-order valence-electron chi connectivity index (χ1n) is 15.1. The van der Waals surface area contributed by atoms with E-state index in [0.29, 0.717) is 36.9 Å². The van der Waals surface area contributed by atoms with Gasteiger partial charge < -0.3 is 19.5 Å². The molecule has 3 aromatic carbocycles. The summed E-state index contributed by atoms with van der Waals surface area (Å²) in [5.41, 5.74) is 0.470. The van der Waals surface area contributed by atoms with Gasteiger partial charge in [0.1, 0.15) is 41.7 Å². The fourth-order valence-electron chi connectivity index (χ4n) is 5.62. The quantitative estimate of drug-likeness (QED) is 0.107. The van der Waals surface area contributed by atoms with Gasteiger partial charge in [0.25, 0.3) is 11.5 Å². The van der Waals surface area contributed by atoms with Crippen molar-refractivity contribution in [2.45, 2.75) is 13.0 Å². The Hall–Kier alpha value is -6.05. The van der Waals surface area contributed by atoms with Crippen LogP contribution in [0.3, 0.4) is 0 Å². The lowest BCUT2D eigenvalue weighted by molar-refractivity contribution is -0.142. The molecule has 10 nitrogen and oxygen atoms in total. The zero-order valence-corrected chi connectivity index (χ0v) is 25.8. The third kappa shape index (κ3) is 7.43. The lowest BCUT2D eigenvalue weighted by atomic mass is 10.0. The van der Waals surface area contributed by atoms with Crippen LogP contribution in [0.15, 0.2) is 96.5 Å². The Morgan fingerprint density at radius 2 is 1.53 bits per heavy atom. The molecule has 14 heteroatoms. The number of piperazine rings is 1. The van der Waals surface area contributed by atoms with Gasteiger partial charge in [0, 0.05) is 68.3 Å². The highest BCUT2D eigenvalue weighted by atomic mass is 19.1. The Morgan fingerprint density at radius 1 is 0.837 bits per heavy atom. The fraction of sp³-hybridized carbons (Fsp3) is 0.171. The van der Waals surface area contributed by atoms with Crippen LogP contribution in [0, 0.1) is 23.3 Å². The Balaban J connectivity index is 1.20. The van der Waals surface area contributed by atoms with Crippen LogP contribution in [0.1, 0.15) is 22.3 Å². The van der Waals surface area contributed by atoms with Gasteiger partial charge in [-0.1, -0.05) is 12.1 Å². The normalized spacial score (nSPS) is 13.5. The van der Waals surface area contributed by atoms with Crippen LogP contribution in [0.25, 0.3) is 11.4 Å². The molecule has 1 saturated heterocycles. The number of ketones is 1. The molecule has 6 rings (SSSR count). The van der Waals surface area contributed by atoms with E-state index < -0.39 is 63.8 Å². The molecule has 0 bridgehead atoms. The number of rotatable bonds is 9. The van der Waals surface area contributed by atoms with Crippen LogP contribution < -0.4 is 10.5 Å². The van der Waals surface area contributed by atoms with Crippen molar-refractivity contribution in [2.75, 3.05) is 31.1 Å². The van der Waals surface area contributed by atoms with Gasteiger partial charge in [-0.2, -0.15) is 5.10 Å². The van der Waals surface area contributed by atoms with Gasteiger partial charge >= 0.3 is 0 Å². The average Bonchev–Trinajstić information content (AvgIpc) is 3.63. The van der Waals surface area contributed by atoms with Gasteiger partial charge in [-0.15, -0.1) is 0 Å². The lowest BCUT2D eigenvalue weighted by Crippen LogP contribution is -2.50. The second kappa shape index (κ2) is 14.0.